The third-order valence-corrected chi connectivity index (χ3v) is 4.10. The van der Waals surface area contributed by atoms with Gasteiger partial charge >= 0.3 is 5.97 Å². The van der Waals surface area contributed by atoms with Crippen molar-refractivity contribution in [3.8, 4) is 0 Å². The minimum absolute atomic E-state index is 0.395. The molecule has 0 radical (unpaired) electrons. The topological polar surface area (TPSA) is 40.5 Å². The molecule has 0 unspecified atom stereocenters. The standard InChI is InChI=1S/C14H18BrNO2/c1-2-16(11-5-3-4-6-11)13-9-10(15)7-8-12(13)14(17)18/h7-9,11H,2-6H2,1H3,(H,17,18). The van der Waals surface area contributed by atoms with E-state index in [-0.39, 0.29) is 0 Å². The highest BCUT2D eigenvalue weighted by molar-refractivity contribution is 9.10. The van der Waals surface area contributed by atoms with Gasteiger partial charge in [0.25, 0.3) is 0 Å². The predicted octanol–water partition coefficient (Wildman–Crippen LogP) is 3.92. The van der Waals surface area contributed by atoms with Gasteiger partial charge in [0.05, 0.1) is 11.3 Å². The second-order valence-electron chi connectivity index (χ2n) is 4.69. The van der Waals surface area contributed by atoms with Crippen molar-refractivity contribution in [3.05, 3.63) is 28.2 Å². The molecule has 98 valence electrons. The SMILES string of the molecule is CCN(c1cc(Br)ccc1C(=O)O)C1CCCC1. The number of hydrogen-bond acceptors (Lipinski definition) is 2. The number of benzene rings is 1. The zero-order valence-electron chi connectivity index (χ0n) is 10.5. The molecule has 3 nitrogen and oxygen atoms in total. The predicted molar refractivity (Wildman–Crippen MR) is 76.4 cm³/mol. The highest BCUT2D eigenvalue weighted by atomic mass is 79.9. The summed E-state index contributed by atoms with van der Waals surface area (Å²) >= 11 is 3.43. The van der Waals surface area contributed by atoms with Crippen LogP contribution in [-0.2, 0) is 0 Å². The number of nitrogens with zero attached hydrogens (tertiary/aromatic N) is 1. The second-order valence-corrected chi connectivity index (χ2v) is 5.61. The summed E-state index contributed by atoms with van der Waals surface area (Å²) in [6.45, 7) is 2.94. The van der Waals surface area contributed by atoms with Gasteiger partial charge in [-0.15, -0.1) is 0 Å². The number of aromatic carboxylic acids is 1. The average Bonchev–Trinajstić information content (AvgIpc) is 2.83. The van der Waals surface area contributed by atoms with Crippen LogP contribution < -0.4 is 4.90 Å². The van der Waals surface area contributed by atoms with Crippen molar-refractivity contribution in [2.75, 3.05) is 11.4 Å². The Balaban J connectivity index is 2.39. The molecule has 2 rings (SSSR count). The molecule has 1 aliphatic rings. The Morgan fingerprint density at radius 1 is 1.44 bits per heavy atom. The van der Waals surface area contributed by atoms with E-state index in [4.69, 9.17) is 0 Å². The smallest absolute Gasteiger partial charge is 0.337 e. The summed E-state index contributed by atoms with van der Waals surface area (Å²) in [5.41, 5.74) is 1.23. The van der Waals surface area contributed by atoms with E-state index in [2.05, 4.69) is 27.8 Å². The normalized spacial score (nSPS) is 15.9. The summed E-state index contributed by atoms with van der Waals surface area (Å²) in [4.78, 5) is 13.6. The van der Waals surface area contributed by atoms with Crippen molar-refractivity contribution in [2.45, 2.75) is 38.6 Å². The lowest BCUT2D eigenvalue weighted by Gasteiger charge is -2.31. The molecular weight excluding hydrogens is 294 g/mol. The first-order chi connectivity index (χ1) is 8.63. The molecule has 1 fully saturated rings. The van der Waals surface area contributed by atoms with Crippen LogP contribution in [0.15, 0.2) is 22.7 Å². The highest BCUT2D eigenvalue weighted by Gasteiger charge is 2.25. The van der Waals surface area contributed by atoms with Crippen LogP contribution in [0, 0.1) is 0 Å². The summed E-state index contributed by atoms with van der Waals surface area (Å²) in [6.07, 6.45) is 4.83. The fraction of sp³-hybridized carbons (Fsp3) is 0.500. The third-order valence-electron chi connectivity index (χ3n) is 3.61. The molecule has 4 heteroatoms. The third kappa shape index (κ3) is 2.69. The van der Waals surface area contributed by atoms with Crippen molar-refractivity contribution in [1.29, 1.82) is 0 Å². The van der Waals surface area contributed by atoms with E-state index >= 15 is 0 Å². The summed E-state index contributed by atoms with van der Waals surface area (Å²) < 4.78 is 0.930. The molecule has 0 aromatic heterocycles. The molecule has 0 aliphatic heterocycles. The van der Waals surface area contributed by atoms with Crippen molar-refractivity contribution in [1.82, 2.24) is 0 Å². The van der Waals surface area contributed by atoms with Crippen LogP contribution in [0.1, 0.15) is 43.0 Å². The van der Waals surface area contributed by atoms with Gasteiger partial charge in [0, 0.05) is 17.1 Å². The Morgan fingerprint density at radius 2 is 2.11 bits per heavy atom. The first kappa shape index (κ1) is 13.4. The van der Waals surface area contributed by atoms with Crippen LogP contribution in [0.3, 0.4) is 0 Å². The lowest BCUT2D eigenvalue weighted by atomic mass is 10.1. The van der Waals surface area contributed by atoms with Gasteiger partial charge in [-0.1, -0.05) is 28.8 Å². The molecule has 1 N–H and O–H groups in total. The molecule has 0 amide bonds. The fourth-order valence-corrected chi connectivity index (χ4v) is 3.11. The number of carbonyl (C=O) groups is 1. The Labute approximate surface area is 116 Å². The maximum Gasteiger partial charge on any atom is 0.337 e. The maximum atomic E-state index is 11.3. The Kier molecular flexibility index (Phi) is 4.27. The Bertz CT molecular complexity index is 441. The number of rotatable bonds is 4. The summed E-state index contributed by atoms with van der Waals surface area (Å²) in [7, 11) is 0. The molecule has 1 saturated carbocycles. The first-order valence-electron chi connectivity index (χ1n) is 6.43. The van der Waals surface area contributed by atoms with E-state index in [0.717, 1.165) is 16.7 Å². The summed E-state index contributed by atoms with van der Waals surface area (Å²) in [6, 6.07) is 5.88. The van der Waals surface area contributed by atoms with Crippen LogP contribution in [-0.4, -0.2) is 23.7 Å². The number of anilines is 1. The summed E-state index contributed by atoms with van der Waals surface area (Å²) in [5.74, 6) is -0.853. The van der Waals surface area contributed by atoms with E-state index in [0.29, 0.717) is 11.6 Å². The van der Waals surface area contributed by atoms with Gasteiger partial charge in [-0.3, -0.25) is 0 Å². The quantitative estimate of drug-likeness (QED) is 0.916. The largest absolute Gasteiger partial charge is 0.478 e. The first-order valence-corrected chi connectivity index (χ1v) is 7.22. The summed E-state index contributed by atoms with van der Waals surface area (Å²) in [5, 5.41) is 9.30. The van der Waals surface area contributed by atoms with Crippen LogP contribution in [0.4, 0.5) is 5.69 Å². The van der Waals surface area contributed by atoms with Crippen LogP contribution in [0.2, 0.25) is 0 Å². The van der Waals surface area contributed by atoms with Gasteiger partial charge in [0.2, 0.25) is 0 Å². The zero-order valence-corrected chi connectivity index (χ0v) is 12.1. The minimum Gasteiger partial charge on any atom is -0.478 e. The van der Waals surface area contributed by atoms with Gasteiger partial charge in [-0.2, -0.15) is 0 Å². The lowest BCUT2D eigenvalue weighted by molar-refractivity contribution is 0.0697. The van der Waals surface area contributed by atoms with Crippen molar-refractivity contribution < 1.29 is 9.90 Å². The zero-order chi connectivity index (χ0) is 13.1. The Hall–Kier alpha value is -1.03. The highest BCUT2D eigenvalue weighted by Crippen LogP contribution is 2.32. The number of hydrogen-bond donors (Lipinski definition) is 1. The average molecular weight is 312 g/mol. The van der Waals surface area contributed by atoms with E-state index < -0.39 is 5.97 Å². The molecule has 1 aromatic carbocycles. The molecular formula is C14H18BrNO2. The minimum atomic E-state index is -0.853. The van der Waals surface area contributed by atoms with Gasteiger partial charge in [0.1, 0.15) is 0 Å². The van der Waals surface area contributed by atoms with E-state index in [1.165, 1.54) is 25.7 Å². The van der Waals surface area contributed by atoms with Crippen LogP contribution in [0.5, 0.6) is 0 Å². The van der Waals surface area contributed by atoms with Gasteiger partial charge in [-0.25, -0.2) is 4.79 Å². The van der Waals surface area contributed by atoms with Crippen LogP contribution >= 0.6 is 15.9 Å². The van der Waals surface area contributed by atoms with Gasteiger partial charge < -0.3 is 10.0 Å². The fourth-order valence-electron chi connectivity index (χ4n) is 2.76. The molecule has 0 bridgehead atoms. The van der Waals surface area contributed by atoms with Gasteiger partial charge in [0.15, 0.2) is 0 Å². The molecule has 0 atom stereocenters. The number of carboxylic acid groups (broad SMARTS) is 1. The monoisotopic (exact) mass is 311 g/mol. The van der Waals surface area contributed by atoms with E-state index in [1.54, 1.807) is 12.1 Å². The van der Waals surface area contributed by atoms with E-state index in [1.807, 2.05) is 6.07 Å². The van der Waals surface area contributed by atoms with Crippen molar-refractivity contribution in [2.24, 2.45) is 0 Å². The molecule has 0 spiro atoms. The van der Waals surface area contributed by atoms with Crippen molar-refractivity contribution >= 4 is 27.6 Å². The molecule has 1 aliphatic carbocycles. The second kappa shape index (κ2) is 5.74. The molecule has 1 aromatic rings. The molecule has 0 saturated heterocycles. The number of halogens is 1. The van der Waals surface area contributed by atoms with Crippen molar-refractivity contribution in [3.63, 3.8) is 0 Å². The molecule has 0 heterocycles. The lowest BCUT2D eigenvalue weighted by Crippen LogP contribution is -2.34. The number of carboxylic acids is 1. The van der Waals surface area contributed by atoms with E-state index in [9.17, 15) is 9.90 Å². The van der Waals surface area contributed by atoms with Crippen LogP contribution in [0.25, 0.3) is 0 Å². The maximum absolute atomic E-state index is 11.3. The molecule has 18 heavy (non-hydrogen) atoms. The Morgan fingerprint density at radius 3 is 2.67 bits per heavy atom. The van der Waals surface area contributed by atoms with Gasteiger partial charge in [-0.05, 0) is 38.0 Å².